The van der Waals surface area contributed by atoms with Crippen LogP contribution in [-0.4, -0.2) is 14.3 Å². The summed E-state index contributed by atoms with van der Waals surface area (Å²) in [5.41, 5.74) is 2.69. The fraction of sp³-hybridized carbons (Fsp3) is 0.0952. The molecule has 2 N–H and O–H groups in total. The van der Waals surface area contributed by atoms with E-state index in [4.69, 9.17) is 34.8 Å². The number of nitrogens with one attached hydrogen (secondary N) is 2. The van der Waals surface area contributed by atoms with E-state index < -0.39 is 15.9 Å². The molecule has 0 aliphatic rings. The van der Waals surface area contributed by atoms with Gasteiger partial charge >= 0.3 is 0 Å². The van der Waals surface area contributed by atoms with E-state index >= 15 is 0 Å². The van der Waals surface area contributed by atoms with Gasteiger partial charge in [-0.05, 0) is 61.9 Å². The van der Waals surface area contributed by atoms with Gasteiger partial charge in [-0.15, -0.1) is 0 Å². The zero-order chi connectivity index (χ0) is 22.1. The molecule has 0 spiro atoms. The summed E-state index contributed by atoms with van der Waals surface area (Å²) in [5, 5.41) is 3.34. The van der Waals surface area contributed by atoms with Crippen LogP contribution in [0.1, 0.15) is 21.5 Å². The number of benzene rings is 3. The summed E-state index contributed by atoms with van der Waals surface area (Å²) in [6.45, 7) is 3.71. The van der Waals surface area contributed by atoms with Crippen molar-refractivity contribution in [1.29, 1.82) is 0 Å². The molecule has 0 aliphatic heterocycles. The fourth-order valence-corrected chi connectivity index (χ4v) is 4.99. The van der Waals surface area contributed by atoms with Gasteiger partial charge in [-0.2, -0.15) is 0 Å². The van der Waals surface area contributed by atoms with E-state index in [2.05, 4.69) is 10.0 Å². The minimum Gasteiger partial charge on any atom is -0.322 e. The molecule has 9 heteroatoms. The molecular formula is C21H17Cl3N2O3S. The molecule has 0 aliphatic carbocycles. The average molecular weight is 484 g/mol. The van der Waals surface area contributed by atoms with Gasteiger partial charge in [-0.25, -0.2) is 8.42 Å². The number of aryl methyl sites for hydroxylation is 2. The Morgan fingerprint density at radius 3 is 2.17 bits per heavy atom. The molecule has 0 atom stereocenters. The third-order valence-electron chi connectivity index (χ3n) is 4.23. The van der Waals surface area contributed by atoms with Crippen LogP contribution in [0.15, 0.2) is 59.5 Å². The first kappa shape index (κ1) is 22.4. The maximum Gasteiger partial charge on any atom is 0.263 e. The Bertz CT molecular complexity index is 1220. The van der Waals surface area contributed by atoms with Crippen molar-refractivity contribution in [2.24, 2.45) is 0 Å². The first-order chi connectivity index (χ1) is 14.0. The highest BCUT2D eigenvalue weighted by atomic mass is 35.5. The lowest BCUT2D eigenvalue weighted by molar-refractivity contribution is 0.102. The highest BCUT2D eigenvalue weighted by molar-refractivity contribution is 7.92. The van der Waals surface area contributed by atoms with E-state index in [0.717, 1.165) is 11.1 Å². The van der Waals surface area contributed by atoms with Gasteiger partial charge < -0.3 is 5.32 Å². The predicted octanol–water partition coefficient (Wildman–Crippen LogP) is 6.32. The van der Waals surface area contributed by atoms with Crippen molar-refractivity contribution < 1.29 is 13.2 Å². The number of hydrogen-bond donors (Lipinski definition) is 2. The SMILES string of the molecule is Cc1ccc(NS(=O)(=O)c2cc(C(=O)Nc3cc(Cl)cc(Cl)c3)ccc2Cl)c(C)c1. The van der Waals surface area contributed by atoms with Crippen molar-refractivity contribution in [2.75, 3.05) is 10.0 Å². The van der Waals surface area contributed by atoms with Crippen molar-refractivity contribution in [3.05, 3.63) is 86.4 Å². The van der Waals surface area contributed by atoms with Crippen LogP contribution in [0.4, 0.5) is 11.4 Å². The molecule has 0 saturated heterocycles. The number of halogens is 3. The summed E-state index contributed by atoms with van der Waals surface area (Å²) in [5.74, 6) is -0.534. The third kappa shape index (κ3) is 5.26. The minimum atomic E-state index is -4.03. The Hall–Kier alpha value is -2.25. The van der Waals surface area contributed by atoms with Crippen LogP contribution in [0.5, 0.6) is 0 Å². The average Bonchev–Trinajstić information content (AvgIpc) is 2.63. The first-order valence-corrected chi connectivity index (χ1v) is 11.3. The lowest BCUT2D eigenvalue weighted by atomic mass is 10.1. The van der Waals surface area contributed by atoms with Crippen LogP contribution in [-0.2, 0) is 10.0 Å². The second-order valence-electron chi connectivity index (χ2n) is 6.68. The summed E-state index contributed by atoms with van der Waals surface area (Å²) in [6, 6.07) is 13.9. The van der Waals surface area contributed by atoms with Gasteiger partial charge in [0.2, 0.25) is 0 Å². The molecule has 0 saturated carbocycles. The Morgan fingerprint density at radius 2 is 1.53 bits per heavy atom. The molecule has 1 amide bonds. The van der Waals surface area contributed by atoms with Gasteiger partial charge in [0.25, 0.3) is 15.9 Å². The molecule has 30 heavy (non-hydrogen) atoms. The molecular weight excluding hydrogens is 467 g/mol. The highest BCUT2D eigenvalue weighted by Gasteiger charge is 2.21. The summed E-state index contributed by atoms with van der Waals surface area (Å²) >= 11 is 18.0. The molecule has 3 rings (SSSR count). The second-order valence-corrected chi connectivity index (χ2v) is 9.61. The van der Waals surface area contributed by atoms with Gasteiger partial charge in [0.1, 0.15) is 4.90 Å². The summed E-state index contributed by atoms with van der Waals surface area (Å²) in [6.07, 6.45) is 0. The number of sulfonamides is 1. The van der Waals surface area contributed by atoms with Crippen LogP contribution < -0.4 is 10.0 Å². The quantitative estimate of drug-likeness (QED) is 0.446. The van der Waals surface area contributed by atoms with Gasteiger partial charge in [0, 0.05) is 21.3 Å². The topological polar surface area (TPSA) is 75.3 Å². The van der Waals surface area contributed by atoms with E-state index in [0.29, 0.717) is 21.4 Å². The lowest BCUT2D eigenvalue weighted by Crippen LogP contribution is -2.17. The van der Waals surface area contributed by atoms with Crippen molar-refractivity contribution in [1.82, 2.24) is 0 Å². The number of anilines is 2. The Kier molecular flexibility index (Phi) is 6.62. The molecule has 0 aromatic heterocycles. The molecule has 0 fully saturated rings. The van der Waals surface area contributed by atoms with Crippen molar-refractivity contribution >= 4 is 62.1 Å². The molecule has 156 valence electrons. The van der Waals surface area contributed by atoms with Gasteiger partial charge in [-0.1, -0.05) is 52.5 Å². The monoisotopic (exact) mass is 482 g/mol. The molecule has 0 bridgehead atoms. The van der Waals surface area contributed by atoms with Crippen molar-refractivity contribution in [3.8, 4) is 0 Å². The van der Waals surface area contributed by atoms with Crippen LogP contribution in [0.3, 0.4) is 0 Å². The van der Waals surface area contributed by atoms with E-state index in [-0.39, 0.29) is 15.5 Å². The van der Waals surface area contributed by atoms with E-state index in [1.54, 1.807) is 19.1 Å². The zero-order valence-corrected chi connectivity index (χ0v) is 19.0. The zero-order valence-electron chi connectivity index (χ0n) is 16.0. The number of carbonyl (C=O) groups is 1. The standard InChI is InChI=1S/C21H17Cl3N2O3S/c1-12-3-6-19(13(2)7-12)26-30(28,29)20-8-14(4-5-18(20)24)21(27)25-17-10-15(22)9-16(23)11-17/h3-11,26H,1-2H3,(H,25,27). The number of rotatable bonds is 5. The first-order valence-electron chi connectivity index (χ1n) is 8.72. The molecule has 5 nitrogen and oxygen atoms in total. The number of carbonyl (C=O) groups excluding carboxylic acids is 1. The van der Waals surface area contributed by atoms with Crippen molar-refractivity contribution in [3.63, 3.8) is 0 Å². The summed E-state index contributed by atoms with van der Waals surface area (Å²) in [4.78, 5) is 12.4. The van der Waals surface area contributed by atoms with Crippen LogP contribution in [0, 0.1) is 13.8 Å². The summed E-state index contributed by atoms with van der Waals surface area (Å²) in [7, 11) is -4.03. The highest BCUT2D eigenvalue weighted by Crippen LogP contribution is 2.28. The normalized spacial score (nSPS) is 11.2. The molecule has 3 aromatic rings. The minimum absolute atomic E-state index is 0.00499. The predicted molar refractivity (Wildman–Crippen MR) is 123 cm³/mol. The lowest BCUT2D eigenvalue weighted by Gasteiger charge is -2.13. The number of hydrogen-bond acceptors (Lipinski definition) is 3. The largest absolute Gasteiger partial charge is 0.322 e. The second kappa shape index (κ2) is 8.86. The molecule has 0 unspecified atom stereocenters. The fourth-order valence-electron chi connectivity index (χ4n) is 2.81. The molecule has 3 aromatic carbocycles. The van der Waals surface area contributed by atoms with E-state index in [9.17, 15) is 13.2 Å². The Labute approximate surface area is 190 Å². The maximum atomic E-state index is 12.9. The van der Waals surface area contributed by atoms with E-state index in [1.165, 1.54) is 36.4 Å². The maximum absolute atomic E-state index is 12.9. The van der Waals surface area contributed by atoms with Gasteiger partial charge in [0.05, 0.1) is 10.7 Å². The van der Waals surface area contributed by atoms with E-state index in [1.807, 2.05) is 13.0 Å². The summed E-state index contributed by atoms with van der Waals surface area (Å²) < 4.78 is 28.4. The Morgan fingerprint density at radius 1 is 0.867 bits per heavy atom. The van der Waals surface area contributed by atoms with Gasteiger partial charge in [0.15, 0.2) is 0 Å². The van der Waals surface area contributed by atoms with Gasteiger partial charge in [-0.3, -0.25) is 9.52 Å². The van der Waals surface area contributed by atoms with Crippen molar-refractivity contribution in [2.45, 2.75) is 18.7 Å². The smallest absolute Gasteiger partial charge is 0.263 e. The van der Waals surface area contributed by atoms with Crippen LogP contribution >= 0.6 is 34.8 Å². The molecule has 0 heterocycles. The van der Waals surface area contributed by atoms with Crippen LogP contribution in [0.2, 0.25) is 15.1 Å². The molecule has 0 radical (unpaired) electrons. The third-order valence-corrected chi connectivity index (χ3v) is 6.51. The Balaban J connectivity index is 1.91. The number of amides is 1. The van der Waals surface area contributed by atoms with Crippen LogP contribution in [0.25, 0.3) is 0 Å².